The summed E-state index contributed by atoms with van der Waals surface area (Å²) in [6, 6.07) is 14.4. The highest BCUT2D eigenvalue weighted by molar-refractivity contribution is 6.01. The molecule has 0 aliphatic rings. The van der Waals surface area contributed by atoms with Crippen LogP contribution in [0, 0.1) is 19.3 Å². The third-order valence-electron chi connectivity index (χ3n) is 3.41. The molecule has 3 heteroatoms. The second-order valence-electron chi connectivity index (χ2n) is 5.23. The maximum Gasteiger partial charge on any atom is 0.124 e. The molecule has 2 aromatic rings. The highest BCUT2D eigenvalue weighted by atomic mass is 15.1. The monoisotopic (exact) mass is 267 g/mol. The van der Waals surface area contributed by atoms with E-state index < -0.39 is 0 Å². The first-order valence-corrected chi connectivity index (χ1v) is 6.69. The Morgan fingerprint density at radius 3 is 2.50 bits per heavy atom. The number of anilines is 1. The Morgan fingerprint density at radius 2 is 1.85 bits per heavy atom. The summed E-state index contributed by atoms with van der Waals surface area (Å²) in [4.78, 5) is 2.15. The van der Waals surface area contributed by atoms with Crippen molar-refractivity contribution in [1.82, 2.24) is 0 Å². The van der Waals surface area contributed by atoms with Crippen molar-refractivity contribution in [3.8, 4) is 0 Å². The van der Waals surface area contributed by atoms with E-state index in [2.05, 4.69) is 49.1 Å². The van der Waals surface area contributed by atoms with Gasteiger partial charge in [0, 0.05) is 19.2 Å². The van der Waals surface area contributed by atoms with E-state index in [0.717, 1.165) is 23.4 Å². The number of nitrogens with two attached hydrogens (primary N) is 1. The van der Waals surface area contributed by atoms with Crippen molar-refractivity contribution in [1.29, 1.82) is 5.41 Å². The minimum atomic E-state index is 0.111. The average Bonchev–Trinajstić information content (AvgIpc) is 2.38. The van der Waals surface area contributed by atoms with Gasteiger partial charge < -0.3 is 10.6 Å². The van der Waals surface area contributed by atoms with Crippen molar-refractivity contribution in [2.75, 3.05) is 11.9 Å². The van der Waals surface area contributed by atoms with Crippen LogP contribution in [0.2, 0.25) is 0 Å². The van der Waals surface area contributed by atoms with Crippen molar-refractivity contribution in [3.05, 3.63) is 64.7 Å². The lowest BCUT2D eigenvalue weighted by atomic mass is 10.0. The summed E-state index contributed by atoms with van der Waals surface area (Å²) in [5.74, 6) is 0.111. The molecule has 2 aromatic carbocycles. The zero-order chi connectivity index (χ0) is 14.7. The molecule has 0 fully saturated rings. The topological polar surface area (TPSA) is 53.1 Å². The molecule has 0 aliphatic carbocycles. The van der Waals surface area contributed by atoms with Crippen LogP contribution in [0.3, 0.4) is 0 Å². The summed E-state index contributed by atoms with van der Waals surface area (Å²) < 4.78 is 0. The molecule has 0 amide bonds. The predicted molar refractivity (Wildman–Crippen MR) is 85.5 cm³/mol. The largest absolute Gasteiger partial charge is 0.384 e. The molecule has 104 valence electrons. The SMILES string of the molecule is Cc1cccc(CN(C)c2c(C)cccc2C(=N)N)c1. The van der Waals surface area contributed by atoms with Gasteiger partial charge in [0.15, 0.2) is 0 Å². The van der Waals surface area contributed by atoms with Crippen LogP contribution >= 0.6 is 0 Å². The number of nitrogens with zero attached hydrogens (tertiary/aromatic N) is 1. The van der Waals surface area contributed by atoms with Crippen LogP contribution in [-0.4, -0.2) is 12.9 Å². The molecule has 0 unspecified atom stereocenters. The number of aryl methyl sites for hydroxylation is 2. The van der Waals surface area contributed by atoms with E-state index >= 15 is 0 Å². The van der Waals surface area contributed by atoms with Crippen molar-refractivity contribution in [3.63, 3.8) is 0 Å². The highest BCUT2D eigenvalue weighted by Crippen LogP contribution is 2.25. The van der Waals surface area contributed by atoms with Gasteiger partial charge in [-0.25, -0.2) is 0 Å². The van der Waals surface area contributed by atoms with Gasteiger partial charge in [-0.15, -0.1) is 0 Å². The normalized spacial score (nSPS) is 10.3. The first-order valence-electron chi connectivity index (χ1n) is 6.69. The molecule has 0 heterocycles. The first kappa shape index (κ1) is 14.1. The molecule has 0 radical (unpaired) electrons. The Kier molecular flexibility index (Phi) is 4.08. The lowest BCUT2D eigenvalue weighted by Crippen LogP contribution is -2.23. The smallest absolute Gasteiger partial charge is 0.124 e. The Hall–Kier alpha value is -2.29. The standard InChI is InChI=1S/C17H21N3/c1-12-6-4-8-14(10-12)11-20(3)16-13(2)7-5-9-15(16)17(18)19/h4-10H,11H2,1-3H3,(H3,18,19). The van der Waals surface area contributed by atoms with Crippen LogP contribution in [0.5, 0.6) is 0 Å². The molecule has 0 saturated heterocycles. The van der Waals surface area contributed by atoms with Crippen LogP contribution in [0.1, 0.15) is 22.3 Å². The molecule has 2 rings (SSSR count). The van der Waals surface area contributed by atoms with E-state index in [-0.39, 0.29) is 5.84 Å². The molecule has 0 spiro atoms. The fourth-order valence-corrected chi connectivity index (χ4v) is 2.55. The Labute approximate surface area is 120 Å². The second-order valence-corrected chi connectivity index (χ2v) is 5.23. The number of hydrogen-bond acceptors (Lipinski definition) is 2. The fourth-order valence-electron chi connectivity index (χ4n) is 2.55. The minimum Gasteiger partial charge on any atom is -0.384 e. The third-order valence-corrected chi connectivity index (χ3v) is 3.41. The lowest BCUT2D eigenvalue weighted by molar-refractivity contribution is 0.914. The molecule has 0 aromatic heterocycles. The zero-order valence-corrected chi connectivity index (χ0v) is 12.3. The Balaban J connectivity index is 2.34. The van der Waals surface area contributed by atoms with E-state index in [1.807, 2.05) is 19.2 Å². The molecule has 20 heavy (non-hydrogen) atoms. The van der Waals surface area contributed by atoms with Crippen LogP contribution in [0.4, 0.5) is 5.69 Å². The van der Waals surface area contributed by atoms with Gasteiger partial charge in [-0.2, -0.15) is 0 Å². The van der Waals surface area contributed by atoms with Gasteiger partial charge in [-0.05, 0) is 31.0 Å². The van der Waals surface area contributed by atoms with Gasteiger partial charge >= 0.3 is 0 Å². The van der Waals surface area contributed by atoms with Gasteiger partial charge in [0.25, 0.3) is 0 Å². The van der Waals surface area contributed by atoms with E-state index in [1.54, 1.807) is 0 Å². The molecule has 0 saturated carbocycles. The number of benzene rings is 2. The molecular formula is C17H21N3. The van der Waals surface area contributed by atoms with Crippen molar-refractivity contribution in [2.24, 2.45) is 5.73 Å². The Morgan fingerprint density at radius 1 is 1.15 bits per heavy atom. The van der Waals surface area contributed by atoms with Crippen LogP contribution in [0.15, 0.2) is 42.5 Å². The lowest BCUT2D eigenvalue weighted by Gasteiger charge is -2.24. The van der Waals surface area contributed by atoms with Crippen LogP contribution < -0.4 is 10.6 Å². The van der Waals surface area contributed by atoms with E-state index in [1.165, 1.54) is 11.1 Å². The first-order chi connectivity index (χ1) is 9.49. The maximum atomic E-state index is 7.73. The maximum absolute atomic E-state index is 7.73. The number of nitrogen functional groups attached to an aromatic ring is 1. The average molecular weight is 267 g/mol. The summed E-state index contributed by atoms with van der Waals surface area (Å²) in [5, 5.41) is 7.73. The molecule has 0 aliphatic heterocycles. The fraction of sp³-hybridized carbons (Fsp3) is 0.235. The summed E-state index contributed by atoms with van der Waals surface area (Å²) in [6.07, 6.45) is 0. The number of rotatable bonds is 4. The summed E-state index contributed by atoms with van der Waals surface area (Å²) in [5.41, 5.74) is 11.2. The number of nitrogens with one attached hydrogen (secondary N) is 1. The van der Waals surface area contributed by atoms with Crippen molar-refractivity contribution in [2.45, 2.75) is 20.4 Å². The minimum absolute atomic E-state index is 0.111. The zero-order valence-electron chi connectivity index (χ0n) is 12.3. The van der Waals surface area contributed by atoms with Crippen molar-refractivity contribution < 1.29 is 0 Å². The van der Waals surface area contributed by atoms with Gasteiger partial charge in [0.05, 0.1) is 5.69 Å². The van der Waals surface area contributed by atoms with Gasteiger partial charge in [0.1, 0.15) is 5.84 Å². The summed E-state index contributed by atoms with van der Waals surface area (Å²) >= 11 is 0. The summed E-state index contributed by atoms with van der Waals surface area (Å²) in [6.45, 7) is 4.94. The van der Waals surface area contributed by atoms with Crippen LogP contribution in [0.25, 0.3) is 0 Å². The molecule has 0 bridgehead atoms. The van der Waals surface area contributed by atoms with Crippen molar-refractivity contribution >= 4 is 11.5 Å². The molecule has 3 nitrogen and oxygen atoms in total. The summed E-state index contributed by atoms with van der Waals surface area (Å²) in [7, 11) is 2.04. The number of para-hydroxylation sites is 1. The number of amidine groups is 1. The molecular weight excluding hydrogens is 246 g/mol. The quantitative estimate of drug-likeness (QED) is 0.660. The van der Waals surface area contributed by atoms with E-state index in [0.29, 0.717) is 0 Å². The van der Waals surface area contributed by atoms with E-state index in [9.17, 15) is 0 Å². The van der Waals surface area contributed by atoms with Gasteiger partial charge in [0.2, 0.25) is 0 Å². The van der Waals surface area contributed by atoms with Gasteiger partial charge in [-0.1, -0.05) is 42.0 Å². The third kappa shape index (κ3) is 2.99. The number of hydrogen-bond donors (Lipinski definition) is 2. The molecule has 3 N–H and O–H groups in total. The van der Waals surface area contributed by atoms with Crippen LogP contribution in [-0.2, 0) is 6.54 Å². The molecule has 0 atom stereocenters. The van der Waals surface area contributed by atoms with Gasteiger partial charge in [-0.3, -0.25) is 5.41 Å². The highest BCUT2D eigenvalue weighted by Gasteiger charge is 2.12. The van der Waals surface area contributed by atoms with E-state index in [4.69, 9.17) is 11.1 Å². The predicted octanol–water partition coefficient (Wildman–Crippen LogP) is 3.22. The Bertz CT molecular complexity index is 632. The second kappa shape index (κ2) is 5.78.